The Balaban J connectivity index is 0.000000196. The minimum absolute atomic E-state index is 0.192. The van der Waals surface area contributed by atoms with E-state index in [1.165, 1.54) is 12.1 Å². The van der Waals surface area contributed by atoms with Gasteiger partial charge in [-0.3, -0.25) is 4.98 Å². The molecule has 0 unspecified atom stereocenters. The molecule has 160 valence electrons. The minimum atomic E-state index is -2.73. The first kappa shape index (κ1) is 21.2. The van der Waals surface area contributed by atoms with Gasteiger partial charge in [-0.2, -0.15) is 8.78 Å². The maximum atomic E-state index is 14.4. The monoisotopic (exact) mass is 443 g/mol. The Morgan fingerprint density at radius 1 is 1.10 bits per heavy atom. The van der Waals surface area contributed by atoms with Gasteiger partial charge in [0, 0.05) is 47.4 Å². The van der Waals surface area contributed by atoms with E-state index in [0.717, 1.165) is 46.7 Å². The molecule has 0 saturated carbocycles. The van der Waals surface area contributed by atoms with Crippen molar-refractivity contribution in [2.24, 2.45) is 0 Å². The largest absolute Gasteiger partial charge is 0.435 e. The summed E-state index contributed by atoms with van der Waals surface area (Å²) in [6.45, 7) is -1.76. The van der Waals surface area contributed by atoms with Gasteiger partial charge in [-0.25, -0.2) is 9.37 Å². The number of imidazole rings is 1. The van der Waals surface area contributed by atoms with Crippen LogP contribution in [-0.4, -0.2) is 27.4 Å². The standard InChI is InChI=1S/C16H14FN3S.C7H6F2O/c1-21-11-5-10(8-18-9-11)12-6-15-14(7-13(12)17)19-16-3-2-4-20(15)16;8-7(9)10-6-4-2-1-3-5-6/h5-9H,2-4H2,1H3;1-5,7H. The number of aryl methyl sites for hydroxylation is 2. The number of halogens is 3. The van der Waals surface area contributed by atoms with Gasteiger partial charge >= 0.3 is 6.61 Å². The van der Waals surface area contributed by atoms with Gasteiger partial charge in [-0.05, 0) is 36.9 Å². The number of pyridine rings is 1. The molecule has 1 aliphatic rings. The van der Waals surface area contributed by atoms with Crippen molar-refractivity contribution in [3.63, 3.8) is 0 Å². The molecular weight excluding hydrogens is 423 g/mol. The highest BCUT2D eigenvalue weighted by atomic mass is 32.2. The molecule has 0 radical (unpaired) electrons. The Labute approximate surface area is 182 Å². The molecular formula is C23H20F3N3OS. The van der Waals surface area contributed by atoms with Crippen LogP contribution in [0.2, 0.25) is 0 Å². The molecule has 1 aliphatic heterocycles. The molecule has 0 bridgehead atoms. The van der Waals surface area contributed by atoms with Gasteiger partial charge in [0.1, 0.15) is 17.4 Å². The predicted octanol–water partition coefficient (Wildman–Crippen LogP) is 6.19. The normalized spacial score (nSPS) is 12.5. The molecule has 31 heavy (non-hydrogen) atoms. The van der Waals surface area contributed by atoms with Crippen LogP contribution in [0.3, 0.4) is 0 Å². The Bertz CT molecular complexity index is 1180. The van der Waals surface area contributed by atoms with Crippen LogP contribution < -0.4 is 4.74 Å². The molecule has 0 spiro atoms. The highest BCUT2D eigenvalue weighted by Gasteiger charge is 2.18. The first-order chi connectivity index (χ1) is 15.0. The van der Waals surface area contributed by atoms with Crippen LogP contribution in [0.4, 0.5) is 13.2 Å². The highest BCUT2D eigenvalue weighted by Crippen LogP contribution is 2.31. The number of thioether (sulfide) groups is 1. The van der Waals surface area contributed by atoms with E-state index < -0.39 is 6.61 Å². The van der Waals surface area contributed by atoms with Gasteiger partial charge < -0.3 is 9.30 Å². The molecule has 0 aliphatic carbocycles. The molecule has 0 N–H and O–H groups in total. The lowest BCUT2D eigenvalue weighted by Crippen LogP contribution is -2.00. The van der Waals surface area contributed by atoms with Crippen molar-refractivity contribution in [3.05, 3.63) is 72.6 Å². The van der Waals surface area contributed by atoms with Crippen LogP contribution in [0.5, 0.6) is 5.75 Å². The maximum absolute atomic E-state index is 14.4. The second-order valence-corrected chi connectivity index (χ2v) is 7.79. The lowest BCUT2D eigenvalue weighted by atomic mass is 10.1. The lowest BCUT2D eigenvalue weighted by Gasteiger charge is -2.06. The number of nitrogens with zero attached hydrogens (tertiary/aromatic N) is 3. The molecule has 0 atom stereocenters. The van der Waals surface area contributed by atoms with Gasteiger partial charge in [0.05, 0.1) is 11.0 Å². The number of benzene rings is 2. The molecule has 4 aromatic rings. The third-order valence-electron chi connectivity index (χ3n) is 4.93. The van der Waals surface area contributed by atoms with E-state index in [9.17, 15) is 13.2 Å². The zero-order chi connectivity index (χ0) is 21.8. The van der Waals surface area contributed by atoms with Crippen molar-refractivity contribution in [1.29, 1.82) is 0 Å². The second-order valence-electron chi connectivity index (χ2n) is 6.91. The molecule has 4 nitrogen and oxygen atoms in total. The van der Waals surface area contributed by atoms with Crippen molar-refractivity contribution in [1.82, 2.24) is 14.5 Å². The Morgan fingerprint density at radius 3 is 2.65 bits per heavy atom. The van der Waals surface area contributed by atoms with Crippen LogP contribution in [0.1, 0.15) is 12.2 Å². The van der Waals surface area contributed by atoms with E-state index in [1.807, 2.05) is 18.4 Å². The number of alkyl halides is 2. The number of fused-ring (bicyclic) bond motifs is 3. The van der Waals surface area contributed by atoms with E-state index in [-0.39, 0.29) is 11.6 Å². The van der Waals surface area contributed by atoms with E-state index >= 15 is 0 Å². The first-order valence-electron chi connectivity index (χ1n) is 9.73. The fourth-order valence-corrected chi connectivity index (χ4v) is 3.94. The van der Waals surface area contributed by atoms with Crippen molar-refractivity contribution >= 4 is 22.8 Å². The highest BCUT2D eigenvalue weighted by molar-refractivity contribution is 7.98. The number of hydrogen-bond donors (Lipinski definition) is 0. The maximum Gasteiger partial charge on any atom is 0.387 e. The molecule has 8 heteroatoms. The number of hydrogen-bond acceptors (Lipinski definition) is 4. The average molecular weight is 443 g/mol. The van der Waals surface area contributed by atoms with Gasteiger partial charge in [-0.1, -0.05) is 18.2 Å². The third kappa shape index (κ3) is 4.85. The molecule has 3 heterocycles. The summed E-state index contributed by atoms with van der Waals surface area (Å²) in [5.74, 6) is 1.02. The lowest BCUT2D eigenvalue weighted by molar-refractivity contribution is -0.0498. The zero-order valence-electron chi connectivity index (χ0n) is 16.8. The number of para-hydroxylation sites is 1. The molecule has 0 fully saturated rings. The summed E-state index contributed by atoms with van der Waals surface area (Å²) in [6.07, 6.45) is 7.60. The summed E-state index contributed by atoms with van der Waals surface area (Å²) in [6, 6.07) is 13.4. The summed E-state index contributed by atoms with van der Waals surface area (Å²) in [5.41, 5.74) is 3.18. The Kier molecular flexibility index (Phi) is 6.46. The fraction of sp³-hybridized carbons (Fsp3) is 0.217. The van der Waals surface area contributed by atoms with E-state index in [2.05, 4.69) is 19.3 Å². The van der Waals surface area contributed by atoms with E-state index in [1.54, 1.807) is 48.4 Å². The zero-order valence-corrected chi connectivity index (χ0v) is 17.6. The topological polar surface area (TPSA) is 39.9 Å². The van der Waals surface area contributed by atoms with Gasteiger partial charge in [-0.15, -0.1) is 11.8 Å². The molecule has 0 saturated heterocycles. The van der Waals surface area contributed by atoms with Gasteiger partial charge in [0.2, 0.25) is 0 Å². The van der Waals surface area contributed by atoms with Crippen molar-refractivity contribution in [2.45, 2.75) is 30.9 Å². The van der Waals surface area contributed by atoms with E-state index in [4.69, 9.17) is 0 Å². The molecule has 5 rings (SSSR count). The predicted molar refractivity (Wildman–Crippen MR) is 116 cm³/mol. The quantitative estimate of drug-likeness (QED) is 0.353. The minimum Gasteiger partial charge on any atom is -0.435 e. The van der Waals surface area contributed by atoms with Crippen LogP contribution in [0, 0.1) is 5.82 Å². The van der Waals surface area contributed by atoms with Crippen LogP contribution >= 0.6 is 11.8 Å². The summed E-state index contributed by atoms with van der Waals surface area (Å²) in [5, 5.41) is 0. The first-order valence-corrected chi connectivity index (χ1v) is 11.0. The van der Waals surface area contributed by atoms with Crippen molar-refractivity contribution in [3.8, 4) is 16.9 Å². The third-order valence-corrected chi connectivity index (χ3v) is 5.62. The van der Waals surface area contributed by atoms with E-state index in [0.29, 0.717) is 5.56 Å². The smallest absolute Gasteiger partial charge is 0.387 e. The summed E-state index contributed by atoms with van der Waals surface area (Å²) in [7, 11) is 0. The molecule has 0 amide bonds. The molecule has 2 aromatic carbocycles. The number of rotatable bonds is 4. The summed E-state index contributed by atoms with van der Waals surface area (Å²) in [4.78, 5) is 9.76. The van der Waals surface area contributed by atoms with Crippen LogP contribution in [-0.2, 0) is 13.0 Å². The van der Waals surface area contributed by atoms with Gasteiger partial charge in [0.15, 0.2) is 0 Å². The fourth-order valence-electron chi connectivity index (χ4n) is 3.53. The van der Waals surface area contributed by atoms with Crippen molar-refractivity contribution in [2.75, 3.05) is 6.26 Å². The van der Waals surface area contributed by atoms with Gasteiger partial charge in [0.25, 0.3) is 0 Å². The Hall–Kier alpha value is -3.00. The summed E-state index contributed by atoms with van der Waals surface area (Å²) >= 11 is 1.61. The van der Waals surface area contributed by atoms with Crippen molar-refractivity contribution < 1.29 is 17.9 Å². The molecule has 2 aromatic heterocycles. The summed E-state index contributed by atoms with van der Waals surface area (Å²) < 4.78 is 43.7. The van der Waals surface area contributed by atoms with Crippen LogP contribution in [0.25, 0.3) is 22.2 Å². The number of ether oxygens (including phenoxy) is 1. The SMILES string of the molecule is CSc1cncc(-c2cc3c(cc2F)nc2n3CCC2)c1.FC(F)Oc1ccccc1. The average Bonchev–Trinajstić information content (AvgIpc) is 3.35. The Morgan fingerprint density at radius 2 is 1.90 bits per heavy atom. The van der Waals surface area contributed by atoms with Crippen LogP contribution in [0.15, 0.2) is 65.8 Å². The second kappa shape index (κ2) is 9.43. The number of aromatic nitrogens is 3.